The van der Waals surface area contributed by atoms with Crippen molar-refractivity contribution in [3.63, 3.8) is 0 Å². The number of nitrogens with zero attached hydrogens (tertiary/aromatic N) is 1. The van der Waals surface area contributed by atoms with Gasteiger partial charge < -0.3 is 5.32 Å². The summed E-state index contributed by atoms with van der Waals surface area (Å²) in [4.78, 5) is 12.0. The van der Waals surface area contributed by atoms with Gasteiger partial charge in [0.1, 0.15) is 0 Å². The quantitative estimate of drug-likeness (QED) is 0.789. The predicted molar refractivity (Wildman–Crippen MR) is 80.2 cm³/mol. The van der Waals surface area contributed by atoms with E-state index < -0.39 is 0 Å². The van der Waals surface area contributed by atoms with E-state index in [-0.39, 0.29) is 5.91 Å². The maximum atomic E-state index is 12.0. The van der Waals surface area contributed by atoms with Crippen molar-refractivity contribution in [1.29, 1.82) is 0 Å². The Morgan fingerprint density at radius 2 is 2.17 bits per heavy atom. The number of halogens is 2. The van der Waals surface area contributed by atoms with E-state index in [1.165, 1.54) is 0 Å². The van der Waals surface area contributed by atoms with E-state index in [2.05, 4.69) is 38.1 Å². The zero-order valence-electron chi connectivity index (χ0n) is 9.84. The Hall–Kier alpha value is -1.08. The molecule has 0 aliphatic carbocycles. The summed E-state index contributed by atoms with van der Waals surface area (Å²) in [6.45, 7) is 3.80. The van der Waals surface area contributed by atoms with Crippen molar-refractivity contribution in [3.8, 4) is 0 Å². The standard InChI is InChI=1S/C12H11ClIN3O/c1-6-7(2)16-17-11(6)15-12(18)8-3-4-10(14)9(13)5-8/h3-5H,1-2H3,(H2,15,16,17,18). The molecule has 0 aliphatic rings. The van der Waals surface area contributed by atoms with Crippen molar-refractivity contribution in [2.24, 2.45) is 0 Å². The molecule has 1 aromatic carbocycles. The summed E-state index contributed by atoms with van der Waals surface area (Å²) >= 11 is 8.10. The minimum atomic E-state index is -0.220. The number of anilines is 1. The molecular formula is C12H11ClIN3O. The van der Waals surface area contributed by atoms with E-state index in [0.717, 1.165) is 14.8 Å². The van der Waals surface area contributed by atoms with Crippen LogP contribution in [0.15, 0.2) is 18.2 Å². The Morgan fingerprint density at radius 1 is 1.44 bits per heavy atom. The second-order valence-corrected chi connectivity index (χ2v) is 5.47. The smallest absolute Gasteiger partial charge is 0.256 e. The molecule has 0 spiro atoms. The van der Waals surface area contributed by atoms with Gasteiger partial charge in [-0.1, -0.05) is 11.6 Å². The molecule has 1 heterocycles. The zero-order valence-corrected chi connectivity index (χ0v) is 12.8. The van der Waals surface area contributed by atoms with E-state index in [4.69, 9.17) is 11.6 Å². The first-order chi connectivity index (χ1) is 8.49. The van der Waals surface area contributed by atoms with Gasteiger partial charge in [-0.05, 0) is 54.6 Å². The number of nitrogens with one attached hydrogen (secondary N) is 2. The highest BCUT2D eigenvalue weighted by molar-refractivity contribution is 14.1. The molecule has 6 heteroatoms. The fourth-order valence-electron chi connectivity index (χ4n) is 1.42. The lowest BCUT2D eigenvalue weighted by molar-refractivity contribution is 0.102. The number of carbonyl (C=O) groups excluding carboxylic acids is 1. The van der Waals surface area contributed by atoms with E-state index in [0.29, 0.717) is 16.4 Å². The number of aryl methyl sites for hydroxylation is 1. The van der Waals surface area contributed by atoms with Crippen LogP contribution in [0.4, 0.5) is 5.82 Å². The average Bonchev–Trinajstić information content (AvgIpc) is 2.64. The fourth-order valence-corrected chi connectivity index (χ4v) is 1.94. The Labute approximate surface area is 123 Å². The molecule has 0 aliphatic heterocycles. The summed E-state index contributed by atoms with van der Waals surface area (Å²) < 4.78 is 0.914. The van der Waals surface area contributed by atoms with Gasteiger partial charge in [-0.2, -0.15) is 5.10 Å². The maximum Gasteiger partial charge on any atom is 0.256 e. The Morgan fingerprint density at radius 3 is 2.72 bits per heavy atom. The molecule has 2 N–H and O–H groups in total. The molecule has 0 saturated heterocycles. The molecule has 0 atom stereocenters. The summed E-state index contributed by atoms with van der Waals surface area (Å²) in [5, 5.41) is 10.2. The van der Waals surface area contributed by atoms with Gasteiger partial charge in [0, 0.05) is 20.4 Å². The second-order valence-electron chi connectivity index (χ2n) is 3.91. The summed E-state index contributed by atoms with van der Waals surface area (Å²) in [5.41, 5.74) is 2.38. The van der Waals surface area contributed by atoms with Crippen LogP contribution in [-0.4, -0.2) is 16.1 Å². The summed E-state index contributed by atoms with van der Waals surface area (Å²) in [7, 11) is 0. The van der Waals surface area contributed by atoms with Crippen LogP contribution in [0, 0.1) is 17.4 Å². The Kier molecular flexibility index (Phi) is 3.91. The average molecular weight is 376 g/mol. The second kappa shape index (κ2) is 5.27. The fraction of sp³-hybridized carbons (Fsp3) is 0.167. The number of amides is 1. The topological polar surface area (TPSA) is 57.8 Å². The van der Waals surface area contributed by atoms with Crippen LogP contribution in [-0.2, 0) is 0 Å². The summed E-state index contributed by atoms with van der Waals surface area (Å²) in [6.07, 6.45) is 0. The van der Waals surface area contributed by atoms with Gasteiger partial charge in [-0.3, -0.25) is 9.89 Å². The molecular weight excluding hydrogens is 365 g/mol. The van der Waals surface area contributed by atoms with E-state index in [1.54, 1.807) is 18.2 Å². The Bertz CT molecular complexity index is 609. The summed E-state index contributed by atoms with van der Waals surface area (Å²) in [5.74, 6) is 0.329. The first kappa shape index (κ1) is 13.4. The normalized spacial score (nSPS) is 10.4. The third-order valence-electron chi connectivity index (χ3n) is 2.67. The maximum absolute atomic E-state index is 12.0. The molecule has 0 unspecified atom stereocenters. The van der Waals surface area contributed by atoms with Crippen LogP contribution in [0.2, 0.25) is 5.02 Å². The van der Waals surface area contributed by atoms with Gasteiger partial charge in [-0.25, -0.2) is 0 Å². The summed E-state index contributed by atoms with van der Waals surface area (Å²) in [6, 6.07) is 5.19. The highest BCUT2D eigenvalue weighted by Crippen LogP contribution is 2.21. The molecule has 0 bridgehead atoms. The highest BCUT2D eigenvalue weighted by Gasteiger charge is 2.12. The van der Waals surface area contributed by atoms with Gasteiger partial charge in [0.05, 0.1) is 5.02 Å². The van der Waals surface area contributed by atoms with Crippen LogP contribution in [0.1, 0.15) is 21.6 Å². The van der Waals surface area contributed by atoms with Gasteiger partial charge >= 0.3 is 0 Å². The lowest BCUT2D eigenvalue weighted by Crippen LogP contribution is -2.13. The number of hydrogen-bond acceptors (Lipinski definition) is 2. The van der Waals surface area contributed by atoms with Crippen molar-refractivity contribution >= 4 is 45.9 Å². The molecule has 1 aromatic heterocycles. The number of carbonyl (C=O) groups is 1. The third-order valence-corrected chi connectivity index (χ3v) is 4.24. The first-order valence-electron chi connectivity index (χ1n) is 5.27. The molecule has 18 heavy (non-hydrogen) atoms. The Balaban J connectivity index is 2.22. The van der Waals surface area contributed by atoms with Crippen LogP contribution in [0.5, 0.6) is 0 Å². The van der Waals surface area contributed by atoms with Gasteiger partial charge in [-0.15, -0.1) is 0 Å². The number of H-pyrrole nitrogens is 1. The largest absolute Gasteiger partial charge is 0.305 e. The molecule has 0 saturated carbocycles. The van der Waals surface area contributed by atoms with Gasteiger partial charge in [0.2, 0.25) is 0 Å². The van der Waals surface area contributed by atoms with Crippen molar-refractivity contribution in [3.05, 3.63) is 43.6 Å². The van der Waals surface area contributed by atoms with Crippen LogP contribution >= 0.6 is 34.2 Å². The third kappa shape index (κ3) is 2.67. The van der Waals surface area contributed by atoms with Gasteiger partial charge in [0.15, 0.2) is 5.82 Å². The lowest BCUT2D eigenvalue weighted by atomic mass is 10.2. The number of aromatic amines is 1. The highest BCUT2D eigenvalue weighted by atomic mass is 127. The SMILES string of the molecule is Cc1[nH]nc(NC(=O)c2ccc(I)c(Cl)c2)c1C. The molecule has 2 aromatic rings. The molecule has 1 amide bonds. The van der Waals surface area contributed by atoms with E-state index >= 15 is 0 Å². The monoisotopic (exact) mass is 375 g/mol. The minimum absolute atomic E-state index is 0.220. The zero-order chi connectivity index (χ0) is 13.3. The molecule has 0 radical (unpaired) electrons. The minimum Gasteiger partial charge on any atom is -0.305 e. The van der Waals surface area contributed by atoms with Crippen molar-refractivity contribution in [1.82, 2.24) is 10.2 Å². The lowest BCUT2D eigenvalue weighted by Gasteiger charge is -2.04. The molecule has 94 valence electrons. The van der Waals surface area contributed by atoms with Crippen LogP contribution in [0.25, 0.3) is 0 Å². The van der Waals surface area contributed by atoms with Crippen LogP contribution < -0.4 is 5.32 Å². The van der Waals surface area contributed by atoms with Crippen molar-refractivity contribution in [2.45, 2.75) is 13.8 Å². The van der Waals surface area contributed by atoms with E-state index in [1.807, 2.05) is 13.8 Å². The molecule has 4 nitrogen and oxygen atoms in total. The number of rotatable bonds is 2. The van der Waals surface area contributed by atoms with Gasteiger partial charge in [0.25, 0.3) is 5.91 Å². The molecule has 0 fully saturated rings. The number of benzene rings is 1. The van der Waals surface area contributed by atoms with Crippen LogP contribution in [0.3, 0.4) is 0 Å². The molecule has 2 rings (SSSR count). The number of aromatic nitrogens is 2. The number of hydrogen-bond donors (Lipinski definition) is 2. The van der Waals surface area contributed by atoms with Crippen molar-refractivity contribution < 1.29 is 4.79 Å². The first-order valence-corrected chi connectivity index (χ1v) is 6.72. The van der Waals surface area contributed by atoms with Crippen molar-refractivity contribution in [2.75, 3.05) is 5.32 Å². The van der Waals surface area contributed by atoms with E-state index in [9.17, 15) is 4.79 Å². The predicted octanol–water partition coefficient (Wildman–Crippen LogP) is 3.54.